The van der Waals surface area contributed by atoms with Crippen molar-refractivity contribution in [1.29, 1.82) is 0 Å². The number of carboxylic acids is 1. The van der Waals surface area contributed by atoms with Crippen LogP contribution in [0.1, 0.15) is 26.0 Å². The number of hydrogen-bond donors (Lipinski definition) is 2. The van der Waals surface area contributed by atoms with Gasteiger partial charge >= 0.3 is 5.97 Å². The highest BCUT2D eigenvalue weighted by molar-refractivity contribution is 6.29. The van der Waals surface area contributed by atoms with Gasteiger partial charge in [-0.3, -0.25) is 9.59 Å². The first-order valence-electron chi connectivity index (χ1n) is 5.39. The maximum Gasteiger partial charge on any atom is 0.309 e. The molecule has 0 saturated carbocycles. The third kappa shape index (κ3) is 3.70. The Kier molecular flexibility index (Phi) is 4.29. The first-order chi connectivity index (χ1) is 8.22. The Hall–Kier alpha value is -1.62. The summed E-state index contributed by atoms with van der Waals surface area (Å²) in [6.45, 7) is 4.72. The molecule has 0 aliphatic carbocycles. The van der Waals surface area contributed by atoms with E-state index >= 15 is 0 Å². The van der Waals surface area contributed by atoms with E-state index in [0.717, 1.165) is 0 Å². The minimum atomic E-state index is -1.10. The van der Waals surface area contributed by atoms with Crippen molar-refractivity contribution < 1.29 is 14.7 Å². The van der Waals surface area contributed by atoms with Gasteiger partial charge in [-0.15, -0.1) is 0 Å². The quantitative estimate of drug-likeness (QED) is 0.824. The molecule has 0 spiro atoms. The molecule has 0 unspecified atom stereocenters. The van der Waals surface area contributed by atoms with Crippen LogP contribution in [0.5, 0.6) is 0 Å². The predicted octanol–water partition coefficient (Wildman–Crippen LogP) is 2.48. The number of rotatable bonds is 4. The largest absolute Gasteiger partial charge is 0.481 e. The summed E-state index contributed by atoms with van der Waals surface area (Å²) in [6.07, 6.45) is -0.107. The molecule has 0 bridgehead atoms. The number of halogens is 1. The third-order valence-electron chi connectivity index (χ3n) is 2.51. The second-order valence-corrected chi connectivity index (χ2v) is 5.07. The lowest BCUT2D eigenvalue weighted by molar-refractivity contribution is -0.148. The first kappa shape index (κ1) is 14.4. The van der Waals surface area contributed by atoms with Crippen LogP contribution in [-0.4, -0.2) is 22.0 Å². The topological polar surface area (TPSA) is 79.3 Å². The van der Waals surface area contributed by atoms with Crippen molar-refractivity contribution in [2.24, 2.45) is 5.41 Å². The van der Waals surface area contributed by atoms with Crippen molar-refractivity contribution in [2.45, 2.75) is 27.2 Å². The van der Waals surface area contributed by atoms with Gasteiger partial charge in [-0.2, -0.15) is 0 Å². The molecule has 1 amide bonds. The second kappa shape index (κ2) is 5.35. The number of aliphatic carboxylic acids is 1. The van der Waals surface area contributed by atoms with Crippen LogP contribution in [-0.2, 0) is 9.59 Å². The summed E-state index contributed by atoms with van der Waals surface area (Å²) in [4.78, 5) is 26.6. The van der Waals surface area contributed by atoms with E-state index in [1.165, 1.54) is 13.8 Å². The van der Waals surface area contributed by atoms with Crippen molar-refractivity contribution in [2.75, 3.05) is 5.32 Å². The molecule has 6 heteroatoms. The second-order valence-electron chi connectivity index (χ2n) is 4.68. The summed E-state index contributed by atoms with van der Waals surface area (Å²) in [5.74, 6) is -1.38. The molecule has 1 aromatic rings. The Morgan fingerprint density at radius 1 is 1.44 bits per heavy atom. The Morgan fingerprint density at radius 2 is 2.06 bits per heavy atom. The van der Waals surface area contributed by atoms with E-state index in [1.807, 2.05) is 0 Å². The first-order valence-corrected chi connectivity index (χ1v) is 5.76. The molecule has 2 N–H and O–H groups in total. The fraction of sp³-hybridized carbons (Fsp3) is 0.417. The Morgan fingerprint density at radius 3 is 2.56 bits per heavy atom. The molecule has 1 aromatic heterocycles. The lowest BCUT2D eigenvalue weighted by Crippen LogP contribution is -2.29. The average molecular weight is 271 g/mol. The number of anilines is 1. The molecule has 98 valence electrons. The Balaban J connectivity index is 2.74. The van der Waals surface area contributed by atoms with E-state index in [4.69, 9.17) is 16.7 Å². The smallest absolute Gasteiger partial charge is 0.309 e. The van der Waals surface area contributed by atoms with Gasteiger partial charge < -0.3 is 10.4 Å². The lowest BCUT2D eigenvalue weighted by atomic mass is 9.89. The van der Waals surface area contributed by atoms with Crippen molar-refractivity contribution in [3.8, 4) is 0 Å². The molecule has 0 radical (unpaired) electrons. The van der Waals surface area contributed by atoms with Gasteiger partial charge in [0.25, 0.3) is 0 Å². The zero-order valence-corrected chi connectivity index (χ0v) is 11.2. The van der Waals surface area contributed by atoms with Crippen LogP contribution in [0.15, 0.2) is 12.1 Å². The van der Waals surface area contributed by atoms with Gasteiger partial charge in [-0.05, 0) is 32.9 Å². The number of aryl methyl sites for hydroxylation is 1. The molecule has 0 fully saturated rings. The summed E-state index contributed by atoms with van der Waals surface area (Å²) >= 11 is 5.70. The number of nitrogens with one attached hydrogen (secondary N) is 1. The van der Waals surface area contributed by atoms with Crippen LogP contribution >= 0.6 is 11.6 Å². The molecule has 18 heavy (non-hydrogen) atoms. The Labute approximate surface area is 110 Å². The van der Waals surface area contributed by atoms with Crippen molar-refractivity contribution >= 4 is 29.2 Å². The number of aromatic nitrogens is 1. The van der Waals surface area contributed by atoms with Crippen molar-refractivity contribution in [3.63, 3.8) is 0 Å². The number of carbonyl (C=O) groups excluding carboxylic acids is 1. The zero-order valence-electron chi connectivity index (χ0n) is 10.5. The summed E-state index contributed by atoms with van der Waals surface area (Å²) in [5.41, 5.74) is 0.0206. The van der Waals surface area contributed by atoms with Crippen molar-refractivity contribution in [3.05, 3.63) is 23.0 Å². The average Bonchev–Trinajstić information content (AvgIpc) is 2.21. The molecular formula is C12H15ClN2O3. The number of carbonyl (C=O) groups is 2. The molecule has 0 aromatic carbocycles. The van der Waals surface area contributed by atoms with Gasteiger partial charge in [-0.1, -0.05) is 11.6 Å². The highest BCUT2D eigenvalue weighted by Gasteiger charge is 2.30. The fourth-order valence-corrected chi connectivity index (χ4v) is 1.52. The van der Waals surface area contributed by atoms with Gasteiger partial charge in [0.1, 0.15) is 5.15 Å². The van der Waals surface area contributed by atoms with Crippen LogP contribution in [0, 0.1) is 12.3 Å². The van der Waals surface area contributed by atoms with Gasteiger partial charge in [0.05, 0.1) is 16.8 Å². The van der Waals surface area contributed by atoms with Crippen LogP contribution in [0.25, 0.3) is 0 Å². The monoisotopic (exact) mass is 270 g/mol. The van der Waals surface area contributed by atoms with E-state index in [0.29, 0.717) is 16.5 Å². The van der Waals surface area contributed by atoms with E-state index < -0.39 is 11.4 Å². The van der Waals surface area contributed by atoms with Crippen LogP contribution in [0.3, 0.4) is 0 Å². The van der Waals surface area contributed by atoms with Gasteiger partial charge in [0, 0.05) is 6.42 Å². The molecule has 5 nitrogen and oxygen atoms in total. The van der Waals surface area contributed by atoms with Crippen LogP contribution in [0.2, 0.25) is 5.15 Å². The molecule has 0 saturated heterocycles. The molecule has 0 atom stereocenters. The molecule has 0 aliphatic rings. The maximum atomic E-state index is 11.7. The molecule has 1 rings (SSSR count). The summed E-state index contributed by atoms with van der Waals surface area (Å²) < 4.78 is 0. The van der Waals surface area contributed by atoms with E-state index in [9.17, 15) is 9.59 Å². The van der Waals surface area contributed by atoms with Crippen LogP contribution in [0.4, 0.5) is 5.69 Å². The minimum Gasteiger partial charge on any atom is -0.481 e. The third-order valence-corrected chi connectivity index (χ3v) is 2.72. The van der Waals surface area contributed by atoms with Crippen LogP contribution < -0.4 is 5.32 Å². The summed E-state index contributed by atoms with van der Waals surface area (Å²) in [5, 5.41) is 11.9. The normalized spacial score (nSPS) is 11.1. The van der Waals surface area contributed by atoms with Gasteiger partial charge in [0.2, 0.25) is 5.91 Å². The van der Waals surface area contributed by atoms with Crippen molar-refractivity contribution in [1.82, 2.24) is 4.98 Å². The minimum absolute atomic E-state index is 0.107. The number of nitrogens with zero attached hydrogens (tertiary/aromatic N) is 1. The van der Waals surface area contributed by atoms with E-state index in [-0.39, 0.29) is 12.3 Å². The summed E-state index contributed by atoms with van der Waals surface area (Å²) in [6, 6.07) is 3.20. The summed E-state index contributed by atoms with van der Waals surface area (Å²) in [7, 11) is 0. The highest BCUT2D eigenvalue weighted by atomic mass is 35.5. The highest BCUT2D eigenvalue weighted by Crippen LogP contribution is 2.22. The van der Waals surface area contributed by atoms with E-state index in [1.54, 1.807) is 19.1 Å². The fourth-order valence-electron chi connectivity index (χ4n) is 1.33. The Bertz CT molecular complexity index is 486. The predicted molar refractivity (Wildman–Crippen MR) is 68.6 cm³/mol. The van der Waals surface area contributed by atoms with Gasteiger partial charge in [-0.25, -0.2) is 4.98 Å². The number of carboxylic acid groups (broad SMARTS) is 1. The number of pyridine rings is 1. The molecule has 1 heterocycles. The number of hydrogen-bond acceptors (Lipinski definition) is 3. The molecule has 0 aliphatic heterocycles. The lowest BCUT2D eigenvalue weighted by Gasteiger charge is -2.18. The molecular weight excluding hydrogens is 256 g/mol. The maximum absolute atomic E-state index is 11.7. The SMILES string of the molecule is Cc1nc(Cl)ccc1NC(=O)CC(C)(C)C(=O)O. The van der Waals surface area contributed by atoms with Gasteiger partial charge in [0.15, 0.2) is 0 Å². The van der Waals surface area contributed by atoms with E-state index in [2.05, 4.69) is 10.3 Å². The standard InChI is InChI=1S/C12H15ClN2O3/c1-7-8(4-5-9(13)14-7)15-10(16)6-12(2,3)11(17)18/h4-5H,6H2,1-3H3,(H,15,16)(H,17,18). The zero-order chi connectivity index (χ0) is 13.9. The number of amides is 1.